The summed E-state index contributed by atoms with van der Waals surface area (Å²) in [6.45, 7) is 6.87. The van der Waals surface area contributed by atoms with Crippen molar-refractivity contribution in [3.05, 3.63) is 29.3 Å². The predicted molar refractivity (Wildman–Crippen MR) is 74.4 cm³/mol. The number of rotatable bonds is 3. The fourth-order valence-corrected chi connectivity index (χ4v) is 2.36. The van der Waals surface area contributed by atoms with Gasteiger partial charge in [-0.05, 0) is 37.1 Å². The Morgan fingerprint density at radius 2 is 2.33 bits per heavy atom. The third-order valence-electron chi connectivity index (χ3n) is 3.44. The van der Waals surface area contributed by atoms with Gasteiger partial charge in [0.1, 0.15) is 5.84 Å². The maximum absolute atomic E-state index is 7.45. The highest BCUT2D eigenvalue weighted by molar-refractivity contribution is 5.95. The van der Waals surface area contributed by atoms with Gasteiger partial charge in [0.25, 0.3) is 0 Å². The summed E-state index contributed by atoms with van der Waals surface area (Å²) in [5.41, 5.74) is 8.68. The molecule has 0 bridgehead atoms. The topological polar surface area (TPSA) is 62.3 Å². The second-order valence-corrected chi connectivity index (χ2v) is 4.76. The Morgan fingerprint density at radius 3 is 2.94 bits per heavy atom. The summed E-state index contributed by atoms with van der Waals surface area (Å²) >= 11 is 0. The van der Waals surface area contributed by atoms with E-state index in [1.807, 2.05) is 12.1 Å². The van der Waals surface area contributed by atoms with Gasteiger partial charge in [0, 0.05) is 24.3 Å². The first kappa shape index (κ1) is 12.9. The number of nitrogens with one attached hydrogen (secondary N) is 1. The van der Waals surface area contributed by atoms with Gasteiger partial charge >= 0.3 is 0 Å². The van der Waals surface area contributed by atoms with Crippen LogP contribution < -0.4 is 10.6 Å². The molecule has 0 saturated carbocycles. The molecular weight excluding hydrogens is 226 g/mol. The molecule has 0 aromatic heterocycles. The fraction of sp³-hybridized carbons (Fsp3) is 0.500. The van der Waals surface area contributed by atoms with Gasteiger partial charge in [-0.25, -0.2) is 0 Å². The van der Waals surface area contributed by atoms with Crippen molar-refractivity contribution in [3.63, 3.8) is 0 Å². The SMILES string of the molecule is CCC1CN(c2ccc(C(=N)N)cc2C)CCO1. The van der Waals surface area contributed by atoms with Crippen LogP contribution >= 0.6 is 0 Å². The zero-order valence-electron chi connectivity index (χ0n) is 11.1. The van der Waals surface area contributed by atoms with Crippen molar-refractivity contribution in [2.75, 3.05) is 24.6 Å². The van der Waals surface area contributed by atoms with E-state index >= 15 is 0 Å². The Morgan fingerprint density at radius 1 is 1.56 bits per heavy atom. The van der Waals surface area contributed by atoms with E-state index in [1.165, 1.54) is 11.3 Å². The monoisotopic (exact) mass is 247 g/mol. The first-order valence-corrected chi connectivity index (χ1v) is 6.43. The summed E-state index contributed by atoms with van der Waals surface area (Å²) in [6.07, 6.45) is 1.37. The van der Waals surface area contributed by atoms with Crippen LogP contribution in [0.2, 0.25) is 0 Å². The van der Waals surface area contributed by atoms with Gasteiger partial charge < -0.3 is 15.4 Å². The second-order valence-electron chi connectivity index (χ2n) is 4.76. The van der Waals surface area contributed by atoms with Crippen molar-refractivity contribution in [2.24, 2.45) is 5.73 Å². The number of nitrogens with zero attached hydrogens (tertiary/aromatic N) is 1. The lowest BCUT2D eigenvalue weighted by Crippen LogP contribution is -2.42. The molecule has 0 amide bonds. The van der Waals surface area contributed by atoms with Crippen LogP contribution in [0, 0.1) is 12.3 Å². The highest BCUT2D eigenvalue weighted by atomic mass is 16.5. The molecule has 1 aliphatic heterocycles. The Hall–Kier alpha value is -1.55. The highest BCUT2D eigenvalue weighted by Crippen LogP contribution is 2.24. The van der Waals surface area contributed by atoms with Gasteiger partial charge in [-0.15, -0.1) is 0 Å². The molecule has 0 aliphatic carbocycles. The molecule has 18 heavy (non-hydrogen) atoms. The molecule has 0 spiro atoms. The summed E-state index contributed by atoms with van der Waals surface area (Å²) in [5.74, 6) is 0.123. The molecule has 1 aromatic carbocycles. The maximum Gasteiger partial charge on any atom is 0.122 e. The molecule has 1 fully saturated rings. The zero-order valence-corrected chi connectivity index (χ0v) is 11.1. The fourth-order valence-electron chi connectivity index (χ4n) is 2.36. The summed E-state index contributed by atoms with van der Waals surface area (Å²) in [7, 11) is 0. The summed E-state index contributed by atoms with van der Waals surface area (Å²) < 4.78 is 5.68. The molecule has 0 radical (unpaired) electrons. The van der Waals surface area contributed by atoms with Gasteiger partial charge in [-0.1, -0.05) is 6.92 Å². The quantitative estimate of drug-likeness (QED) is 0.633. The van der Waals surface area contributed by atoms with E-state index < -0.39 is 0 Å². The number of hydrogen-bond acceptors (Lipinski definition) is 3. The molecule has 3 N–H and O–H groups in total. The van der Waals surface area contributed by atoms with E-state index in [9.17, 15) is 0 Å². The Balaban J connectivity index is 2.20. The van der Waals surface area contributed by atoms with Crippen molar-refractivity contribution in [1.29, 1.82) is 5.41 Å². The minimum Gasteiger partial charge on any atom is -0.384 e. The number of hydrogen-bond donors (Lipinski definition) is 2. The van der Waals surface area contributed by atoms with Crippen molar-refractivity contribution in [3.8, 4) is 0 Å². The van der Waals surface area contributed by atoms with E-state index in [1.54, 1.807) is 0 Å². The summed E-state index contributed by atoms with van der Waals surface area (Å²) in [6, 6.07) is 5.96. The highest BCUT2D eigenvalue weighted by Gasteiger charge is 2.20. The molecule has 1 heterocycles. The molecule has 4 heteroatoms. The lowest BCUT2D eigenvalue weighted by atomic mass is 10.1. The number of nitrogens with two attached hydrogens (primary N) is 1. The summed E-state index contributed by atoms with van der Waals surface area (Å²) in [4.78, 5) is 2.36. The lowest BCUT2D eigenvalue weighted by Gasteiger charge is -2.35. The molecule has 4 nitrogen and oxygen atoms in total. The number of nitrogen functional groups attached to an aromatic ring is 1. The Labute approximate surface area is 108 Å². The largest absolute Gasteiger partial charge is 0.384 e. The standard InChI is InChI=1S/C14H21N3O/c1-3-12-9-17(6-7-18-12)13-5-4-11(14(15)16)8-10(13)2/h4-5,8,12H,3,6-7,9H2,1-2H3,(H3,15,16). The van der Waals surface area contributed by atoms with Gasteiger partial charge in [0.05, 0.1) is 12.7 Å². The van der Waals surface area contributed by atoms with E-state index in [4.69, 9.17) is 15.9 Å². The van der Waals surface area contributed by atoms with Crippen LogP contribution in [0.25, 0.3) is 0 Å². The van der Waals surface area contributed by atoms with Crippen LogP contribution in [-0.2, 0) is 4.74 Å². The van der Waals surface area contributed by atoms with Crippen molar-refractivity contribution >= 4 is 11.5 Å². The van der Waals surface area contributed by atoms with Crippen LogP contribution in [0.15, 0.2) is 18.2 Å². The first-order chi connectivity index (χ1) is 8.61. The van der Waals surface area contributed by atoms with E-state index in [-0.39, 0.29) is 5.84 Å². The van der Waals surface area contributed by atoms with E-state index in [0.717, 1.165) is 31.7 Å². The molecule has 1 saturated heterocycles. The van der Waals surface area contributed by atoms with Gasteiger partial charge in [-0.3, -0.25) is 5.41 Å². The molecule has 1 aliphatic rings. The molecule has 1 atom stereocenters. The number of ether oxygens (including phenoxy) is 1. The average Bonchev–Trinajstić information content (AvgIpc) is 2.38. The number of morpholine rings is 1. The number of aryl methyl sites for hydroxylation is 1. The molecule has 1 unspecified atom stereocenters. The minimum absolute atomic E-state index is 0.123. The second kappa shape index (κ2) is 5.40. The number of anilines is 1. The van der Waals surface area contributed by atoms with Crippen LogP contribution in [0.4, 0.5) is 5.69 Å². The van der Waals surface area contributed by atoms with Crippen LogP contribution in [0.3, 0.4) is 0 Å². The zero-order chi connectivity index (χ0) is 13.1. The van der Waals surface area contributed by atoms with Gasteiger partial charge in [-0.2, -0.15) is 0 Å². The molecular formula is C14H21N3O. The number of benzene rings is 1. The van der Waals surface area contributed by atoms with Crippen molar-refractivity contribution in [2.45, 2.75) is 26.4 Å². The summed E-state index contributed by atoms with van der Waals surface area (Å²) in [5, 5.41) is 7.45. The Bertz CT molecular complexity index is 445. The lowest BCUT2D eigenvalue weighted by molar-refractivity contribution is 0.0384. The maximum atomic E-state index is 7.45. The average molecular weight is 247 g/mol. The molecule has 1 aromatic rings. The third-order valence-corrected chi connectivity index (χ3v) is 3.44. The van der Waals surface area contributed by atoms with Crippen LogP contribution in [0.1, 0.15) is 24.5 Å². The first-order valence-electron chi connectivity index (χ1n) is 6.43. The third kappa shape index (κ3) is 2.64. The van der Waals surface area contributed by atoms with Gasteiger partial charge in [0.2, 0.25) is 0 Å². The van der Waals surface area contributed by atoms with E-state index in [2.05, 4.69) is 24.8 Å². The van der Waals surface area contributed by atoms with Crippen molar-refractivity contribution < 1.29 is 4.74 Å². The Kier molecular flexibility index (Phi) is 3.87. The molecule has 2 rings (SSSR count). The molecule has 98 valence electrons. The minimum atomic E-state index is 0.123. The van der Waals surface area contributed by atoms with Crippen LogP contribution in [-0.4, -0.2) is 31.6 Å². The normalized spacial score (nSPS) is 19.9. The predicted octanol–water partition coefficient (Wildman–Crippen LogP) is 1.89. The smallest absolute Gasteiger partial charge is 0.122 e. The van der Waals surface area contributed by atoms with Crippen molar-refractivity contribution in [1.82, 2.24) is 0 Å². The van der Waals surface area contributed by atoms with Crippen LogP contribution in [0.5, 0.6) is 0 Å². The van der Waals surface area contributed by atoms with E-state index in [0.29, 0.717) is 6.10 Å². The number of amidine groups is 1. The van der Waals surface area contributed by atoms with Gasteiger partial charge in [0.15, 0.2) is 0 Å².